The lowest BCUT2D eigenvalue weighted by Gasteiger charge is -2.24. The first-order valence-electron chi connectivity index (χ1n) is 8.47. The Morgan fingerprint density at radius 1 is 1.33 bits per heavy atom. The Morgan fingerprint density at radius 3 is 3.17 bits per heavy atom. The van der Waals surface area contributed by atoms with E-state index in [-0.39, 0.29) is 11.9 Å². The largest absolute Gasteiger partial charge is 0.361 e. The predicted octanol–water partition coefficient (Wildman–Crippen LogP) is 2.38. The van der Waals surface area contributed by atoms with Gasteiger partial charge in [-0.2, -0.15) is 5.10 Å². The number of nitrogens with one attached hydrogen (secondary N) is 1. The van der Waals surface area contributed by atoms with E-state index in [1.807, 2.05) is 15.8 Å². The average Bonchev–Trinajstić information content (AvgIpc) is 3.34. The molecule has 2 aromatic heterocycles. The third kappa shape index (κ3) is 3.04. The Morgan fingerprint density at radius 2 is 2.29 bits per heavy atom. The maximum Gasteiger partial charge on any atom is 0.223 e. The van der Waals surface area contributed by atoms with Crippen LogP contribution >= 0.6 is 0 Å². The lowest BCUT2D eigenvalue weighted by atomic mass is 10.1. The summed E-state index contributed by atoms with van der Waals surface area (Å²) in [7, 11) is 0. The van der Waals surface area contributed by atoms with Gasteiger partial charge >= 0.3 is 0 Å². The summed E-state index contributed by atoms with van der Waals surface area (Å²) >= 11 is 0. The van der Waals surface area contributed by atoms with Crippen LogP contribution in [-0.2, 0) is 17.8 Å². The summed E-state index contributed by atoms with van der Waals surface area (Å²) in [6, 6.07) is 8.65. The molecular weight excluding hydrogens is 302 g/mol. The summed E-state index contributed by atoms with van der Waals surface area (Å²) < 4.78 is 1.82. The van der Waals surface area contributed by atoms with E-state index < -0.39 is 0 Å². The minimum absolute atomic E-state index is 0.242. The second kappa shape index (κ2) is 6.47. The van der Waals surface area contributed by atoms with Gasteiger partial charge in [0.25, 0.3) is 0 Å². The van der Waals surface area contributed by atoms with Gasteiger partial charge in [-0.3, -0.25) is 9.48 Å². The Balaban J connectivity index is 1.37. The molecule has 3 aromatic rings. The van der Waals surface area contributed by atoms with Crippen molar-refractivity contribution in [3.8, 4) is 0 Å². The number of carbonyl (C=O) groups excluding carboxylic acids is 1. The Labute approximate surface area is 140 Å². The molecule has 0 radical (unpaired) electrons. The van der Waals surface area contributed by atoms with Crippen molar-refractivity contribution >= 4 is 16.8 Å². The topological polar surface area (TPSA) is 66.8 Å². The Kier molecular flexibility index (Phi) is 4.02. The number of fused-ring (bicyclic) bond motifs is 1. The molecule has 1 aliphatic heterocycles. The molecule has 1 atom stereocenters. The number of benzene rings is 1. The van der Waals surface area contributed by atoms with E-state index >= 15 is 0 Å². The van der Waals surface area contributed by atoms with Gasteiger partial charge in [0.1, 0.15) is 12.7 Å². The normalized spacial score (nSPS) is 17.7. The fraction of sp³-hybridized carbons (Fsp3) is 0.389. The molecule has 0 bridgehead atoms. The number of hydrogen-bond acceptors (Lipinski definition) is 3. The first-order valence-corrected chi connectivity index (χ1v) is 8.47. The van der Waals surface area contributed by atoms with Crippen LogP contribution in [0.2, 0.25) is 0 Å². The van der Waals surface area contributed by atoms with Gasteiger partial charge in [0, 0.05) is 24.7 Å². The molecule has 6 heteroatoms. The van der Waals surface area contributed by atoms with Crippen molar-refractivity contribution in [1.82, 2.24) is 24.6 Å². The molecule has 24 heavy (non-hydrogen) atoms. The quantitative estimate of drug-likeness (QED) is 0.784. The smallest absolute Gasteiger partial charge is 0.223 e. The molecular formula is C18H21N5O. The number of aryl methyl sites for hydroxylation is 1. The van der Waals surface area contributed by atoms with Crippen molar-refractivity contribution in [2.75, 3.05) is 6.54 Å². The minimum atomic E-state index is 0.242. The molecule has 1 unspecified atom stereocenters. The zero-order valence-electron chi connectivity index (χ0n) is 13.6. The number of nitrogens with zero attached hydrogens (tertiary/aromatic N) is 4. The number of carbonyl (C=O) groups is 1. The number of H-pyrrole nitrogens is 1. The molecule has 0 spiro atoms. The summed E-state index contributed by atoms with van der Waals surface area (Å²) in [4.78, 5) is 21.8. The highest BCUT2D eigenvalue weighted by Crippen LogP contribution is 2.21. The molecule has 6 nitrogen and oxygen atoms in total. The first kappa shape index (κ1) is 14.9. The van der Waals surface area contributed by atoms with Crippen LogP contribution in [0.15, 0.2) is 43.1 Å². The van der Waals surface area contributed by atoms with Crippen LogP contribution in [0, 0.1) is 0 Å². The summed E-state index contributed by atoms with van der Waals surface area (Å²) in [5.41, 5.74) is 2.35. The molecule has 124 valence electrons. The second-order valence-electron chi connectivity index (χ2n) is 6.40. The lowest BCUT2D eigenvalue weighted by Crippen LogP contribution is -2.38. The van der Waals surface area contributed by atoms with E-state index in [1.165, 1.54) is 17.3 Å². The monoisotopic (exact) mass is 323 g/mol. The fourth-order valence-corrected chi connectivity index (χ4v) is 3.55. The van der Waals surface area contributed by atoms with E-state index in [4.69, 9.17) is 0 Å². The molecule has 1 fully saturated rings. The van der Waals surface area contributed by atoms with Crippen molar-refractivity contribution in [2.24, 2.45) is 0 Å². The summed E-state index contributed by atoms with van der Waals surface area (Å²) in [6.07, 6.45) is 8.65. The van der Waals surface area contributed by atoms with Crippen LogP contribution in [0.25, 0.3) is 10.9 Å². The van der Waals surface area contributed by atoms with Gasteiger partial charge in [-0.25, -0.2) is 4.98 Å². The molecule has 0 aliphatic carbocycles. The van der Waals surface area contributed by atoms with Gasteiger partial charge in [-0.15, -0.1) is 0 Å². The number of hydrogen-bond donors (Lipinski definition) is 1. The van der Waals surface area contributed by atoms with Crippen molar-refractivity contribution in [3.05, 3.63) is 48.7 Å². The SMILES string of the molecule is O=C(CCc1ccc2[nH]ccc2c1)N1CCCC1Cn1cncn1. The highest BCUT2D eigenvalue weighted by molar-refractivity contribution is 5.80. The molecule has 4 rings (SSSR count). The van der Waals surface area contributed by atoms with Crippen molar-refractivity contribution in [1.29, 1.82) is 0 Å². The van der Waals surface area contributed by atoms with Gasteiger partial charge in [-0.05, 0) is 48.4 Å². The highest BCUT2D eigenvalue weighted by Gasteiger charge is 2.28. The van der Waals surface area contributed by atoms with Crippen molar-refractivity contribution < 1.29 is 4.79 Å². The standard InChI is InChI=1S/C18H21N5O/c24-18(6-4-14-3-5-17-15(10-14)7-8-20-17)23-9-1-2-16(23)11-22-13-19-12-21-22/h3,5,7-8,10,12-13,16,20H,1-2,4,6,9,11H2. The lowest BCUT2D eigenvalue weighted by molar-refractivity contribution is -0.132. The number of aromatic nitrogens is 4. The first-order chi connectivity index (χ1) is 11.8. The van der Waals surface area contributed by atoms with Gasteiger partial charge in [0.05, 0.1) is 12.6 Å². The Hall–Kier alpha value is -2.63. The Bertz CT molecular complexity index is 823. The van der Waals surface area contributed by atoms with Crippen molar-refractivity contribution in [2.45, 2.75) is 38.3 Å². The number of aromatic amines is 1. The van der Waals surface area contributed by atoms with Crippen LogP contribution in [0.4, 0.5) is 0 Å². The molecule has 1 N–H and O–H groups in total. The van der Waals surface area contributed by atoms with E-state index in [1.54, 1.807) is 6.33 Å². The maximum absolute atomic E-state index is 12.6. The number of likely N-dealkylation sites (tertiary alicyclic amines) is 1. The summed E-state index contributed by atoms with van der Waals surface area (Å²) in [6.45, 7) is 1.59. The predicted molar refractivity (Wildman–Crippen MR) is 91.4 cm³/mol. The average molecular weight is 323 g/mol. The number of rotatable bonds is 5. The molecule has 1 amide bonds. The van der Waals surface area contributed by atoms with Gasteiger partial charge in [-0.1, -0.05) is 6.07 Å². The van der Waals surface area contributed by atoms with E-state index in [2.05, 4.69) is 39.3 Å². The highest BCUT2D eigenvalue weighted by atomic mass is 16.2. The molecule has 1 saturated heterocycles. The van der Waals surface area contributed by atoms with Crippen LogP contribution in [0.5, 0.6) is 0 Å². The minimum Gasteiger partial charge on any atom is -0.361 e. The van der Waals surface area contributed by atoms with Crippen LogP contribution < -0.4 is 0 Å². The van der Waals surface area contributed by atoms with Gasteiger partial charge in [0.2, 0.25) is 5.91 Å². The third-order valence-corrected chi connectivity index (χ3v) is 4.81. The summed E-state index contributed by atoms with van der Waals surface area (Å²) in [5.74, 6) is 0.242. The maximum atomic E-state index is 12.6. The van der Waals surface area contributed by atoms with Crippen LogP contribution in [-0.4, -0.2) is 43.1 Å². The summed E-state index contributed by atoms with van der Waals surface area (Å²) in [5, 5.41) is 5.35. The molecule has 1 aromatic carbocycles. The van der Waals surface area contributed by atoms with E-state index in [9.17, 15) is 4.79 Å². The zero-order valence-corrected chi connectivity index (χ0v) is 13.6. The van der Waals surface area contributed by atoms with Crippen LogP contribution in [0.1, 0.15) is 24.8 Å². The fourth-order valence-electron chi connectivity index (χ4n) is 3.55. The molecule has 1 aliphatic rings. The van der Waals surface area contributed by atoms with Crippen LogP contribution in [0.3, 0.4) is 0 Å². The van der Waals surface area contributed by atoms with Crippen molar-refractivity contribution in [3.63, 3.8) is 0 Å². The number of amides is 1. The van der Waals surface area contributed by atoms with E-state index in [0.717, 1.165) is 37.9 Å². The van der Waals surface area contributed by atoms with Gasteiger partial charge in [0.15, 0.2) is 0 Å². The van der Waals surface area contributed by atoms with Gasteiger partial charge < -0.3 is 9.88 Å². The zero-order chi connectivity index (χ0) is 16.4. The molecule has 0 saturated carbocycles. The molecule has 3 heterocycles. The second-order valence-corrected chi connectivity index (χ2v) is 6.40. The third-order valence-electron chi connectivity index (χ3n) is 4.81. The van der Waals surface area contributed by atoms with E-state index in [0.29, 0.717) is 6.42 Å².